The Morgan fingerprint density at radius 3 is 2.50 bits per heavy atom. The van der Waals surface area contributed by atoms with Crippen molar-refractivity contribution in [3.05, 3.63) is 41.1 Å². The molecule has 0 amide bonds. The highest BCUT2D eigenvalue weighted by atomic mass is 16.1. The predicted molar refractivity (Wildman–Crippen MR) is 100 cm³/mol. The van der Waals surface area contributed by atoms with Crippen molar-refractivity contribution >= 4 is 5.78 Å². The van der Waals surface area contributed by atoms with Crippen LogP contribution in [0.5, 0.6) is 0 Å². The van der Waals surface area contributed by atoms with E-state index in [0.717, 1.165) is 48.4 Å². The molecule has 2 aliphatic rings. The average Bonchev–Trinajstić information content (AvgIpc) is 3.36. The van der Waals surface area contributed by atoms with Gasteiger partial charge in [-0.3, -0.25) is 9.48 Å². The lowest BCUT2D eigenvalue weighted by atomic mass is 9.92. The van der Waals surface area contributed by atoms with Crippen LogP contribution < -0.4 is 5.32 Å². The highest BCUT2D eigenvalue weighted by Gasteiger charge is 2.36. The quantitative estimate of drug-likeness (QED) is 0.809. The topological polar surface area (TPSA) is 70.7 Å². The zero-order chi connectivity index (χ0) is 18.3. The number of aromatic nitrogens is 2. The molecule has 1 aromatic carbocycles. The first-order chi connectivity index (χ1) is 12.6. The van der Waals surface area contributed by atoms with Crippen molar-refractivity contribution in [3.63, 3.8) is 0 Å². The number of nitrogens with one attached hydrogen (secondary N) is 1. The number of Topliss-reactive ketones (excluding diaryl/α,β-unsaturated/α-hetero) is 1. The molecule has 1 aromatic heterocycles. The van der Waals surface area contributed by atoms with Crippen LogP contribution in [0.15, 0.2) is 24.3 Å². The maximum Gasteiger partial charge on any atom is 0.181 e. The Hall–Kier alpha value is -2.45. The molecule has 0 bridgehead atoms. The number of carbonyl (C=O) groups is 1. The maximum absolute atomic E-state index is 13.1. The summed E-state index contributed by atoms with van der Waals surface area (Å²) >= 11 is 0. The Balaban J connectivity index is 1.79. The van der Waals surface area contributed by atoms with Crippen molar-refractivity contribution in [2.75, 3.05) is 13.1 Å². The molecule has 4 rings (SSSR count). The number of carbonyl (C=O) groups excluding carboxylic acids is 1. The van der Waals surface area contributed by atoms with E-state index in [1.165, 1.54) is 0 Å². The lowest BCUT2D eigenvalue weighted by molar-refractivity contribution is 0.0932. The summed E-state index contributed by atoms with van der Waals surface area (Å²) < 4.78 is 1.93. The molecule has 1 saturated heterocycles. The number of ketones is 1. The fraction of sp³-hybridized carbons (Fsp3) is 0.476. The first-order valence-electron chi connectivity index (χ1n) is 9.45. The molecule has 2 aromatic rings. The molecule has 0 spiro atoms. The van der Waals surface area contributed by atoms with Gasteiger partial charge in [0.05, 0.1) is 17.3 Å². The monoisotopic (exact) mass is 348 g/mol. The van der Waals surface area contributed by atoms with Gasteiger partial charge >= 0.3 is 0 Å². The minimum atomic E-state index is 0.137. The van der Waals surface area contributed by atoms with E-state index in [0.29, 0.717) is 23.8 Å². The SMILES string of the molecule is CC(C)n1nc(-c2ccc(C#N)cc2)c(C2CC2)c1C(=O)CC1CNC1. The van der Waals surface area contributed by atoms with Gasteiger partial charge in [-0.05, 0) is 63.7 Å². The van der Waals surface area contributed by atoms with Crippen molar-refractivity contribution in [1.82, 2.24) is 15.1 Å². The molecule has 1 aliphatic carbocycles. The highest BCUT2D eigenvalue weighted by molar-refractivity contribution is 5.98. The van der Waals surface area contributed by atoms with E-state index in [-0.39, 0.29) is 11.8 Å². The molecule has 0 atom stereocenters. The largest absolute Gasteiger partial charge is 0.316 e. The molecular formula is C21H24N4O. The predicted octanol–water partition coefficient (Wildman–Crippen LogP) is 3.67. The van der Waals surface area contributed by atoms with Gasteiger partial charge in [0.2, 0.25) is 0 Å². The first kappa shape index (κ1) is 17.0. The van der Waals surface area contributed by atoms with Crippen molar-refractivity contribution in [3.8, 4) is 17.3 Å². The lowest BCUT2D eigenvalue weighted by Crippen LogP contribution is -2.43. The Kier molecular flexibility index (Phi) is 4.37. The summed E-state index contributed by atoms with van der Waals surface area (Å²) in [6.07, 6.45) is 2.84. The second-order valence-electron chi connectivity index (χ2n) is 7.76. The minimum Gasteiger partial charge on any atom is -0.316 e. The van der Waals surface area contributed by atoms with Crippen LogP contribution in [0.1, 0.15) is 66.7 Å². The number of nitriles is 1. The third kappa shape index (κ3) is 3.06. The van der Waals surface area contributed by atoms with Gasteiger partial charge in [0, 0.05) is 23.6 Å². The molecule has 2 heterocycles. The minimum absolute atomic E-state index is 0.137. The number of hydrogen-bond acceptors (Lipinski definition) is 4. The van der Waals surface area contributed by atoms with Crippen LogP contribution in [0.3, 0.4) is 0 Å². The van der Waals surface area contributed by atoms with Crippen molar-refractivity contribution < 1.29 is 4.79 Å². The van der Waals surface area contributed by atoms with Gasteiger partial charge in [-0.25, -0.2) is 0 Å². The highest BCUT2D eigenvalue weighted by Crippen LogP contribution is 2.47. The fourth-order valence-electron chi connectivity index (χ4n) is 3.63. The van der Waals surface area contributed by atoms with E-state index in [9.17, 15) is 4.79 Å². The van der Waals surface area contributed by atoms with Crippen LogP contribution in [-0.4, -0.2) is 28.7 Å². The first-order valence-corrected chi connectivity index (χ1v) is 9.45. The Morgan fingerprint density at radius 2 is 2.00 bits per heavy atom. The molecule has 1 aliphatic heterocycles. The van der Waals surface area contributed by atoms with Gasteiger partial charge < -0.3 is 5.32 Å². The molecule has 1 saturated carbocycles. The van der Waals surface area contributed by atoms with Crippen LogP contribution in [-0.2, 0) is 0 Å². The van der Waals surface area contributed by atoms with Crippen molar-refractivity contribution in [2.45, 2.75) is 45.1 Å². The van der Waals surface area contributed by atoms with Crippen LogP contribution in [0.2, 0.25) is 0 Å². The van der Waals surface area contributed by atoms with Crippen LogP contribution >= 0.6 is 0 Å². The summed E-state index contributed by atoms with van der Waals surface area (Å²) in [7, 11) is 0. The maximum atomic E-state index is 13.1. The van der Waals surface area contributed by atoms with Crippen LogP contribution in [0.4, 0.5) is 0 Å². The summed E-state index contributed by atoms with van der Waals surface area (Å²) in [6, 6.07) is 9.83. The van der Waals surface area contributed by atoms with Crippen LogP contribution in [0, 0.1) is 17.2 Å². The van der Waals surface area contributed by atoms with E-state index in [4.69, 9.17) is 10.4 Å². The smallest absolute Gasteiger partial charge is 0.181 e. The third-order valence-corrected chi connectivity index (χ3v) is 5.31. The average molecular weight is 348 g/mol. The second kappa shape index (κ2) is 6.69. The summed E-state index contributed by atoms with van der Waals surface area (Å²) in [5, 5.41) is 17.2. The number of nitrogens with zero attached hydrogens (tertiary/aromatic N) is 3. The summed E-state index contributed by atoms with van der Waals surface area (Å²) in [5.74, 6) is 1.11. The summed E-state index contributed by atoms with van der Waals surface area (Å²) in [4.78, 5) is 13.1. The molecule has 0 unspecified atom stereocenters. The van der Waals surface area contributed by atoms with Crippen molar-refractivity contribution in [2.24, 2.45) is 5.92 Å². The molecule has 0 radical (unpaired) electrons. The summed E-state index contributed by atoms with van der Waals surface area (Å²) in [5.41, 5.74) is 4.48. The van der Waals surface area contributed by atoms with E-state index in [1.54, 1.807) is 0 Å². The van der Waals surface area contributed by atoms with Crippen molar-refractivity contribution in [1.29, 1.82) is 5.26 Å². The van der Waals surface area contributed by atoms with Gasteiger partial charge in [0.15, 0.2) is 5.78 Å². The number of hydrogen-bond donors (Lipinski definition) is 1. The van der Waals surface area contributed by atoms with Crippen LogP contribution in [0.25, 0.3) is 11.3 Å². The lowest BCUT2D eigenvalue weighted by Gasteiger charge is -2.26. The Labute approximate surface area is 154 Å². The molecule has 5 heteroatoms. The molecule has 26 heavy (non-hydrogen) atoms. The molecule has 134 valence electrons. The molecule has 2 fully saturated rings. The number of benzene rings is 1. The van der Waals surface area contributed by atoms with E-state index < -0.39 is 0 Å². The normalized spacial score (nSPS) is 17.2. The van der Waals surface area contributed by atoms with Gasteiger partial charge in [0.25, 0.3) is 0 Å². The molecule has 1 N–H and O–H groups in total. The summed E-state index contributed by atoms with van der Waals surface area (Å²) in [6.45, 7) is 6.02. The zero-order valence-corrected chi connectivity index (χ0v) is 15.3. The Bertz CT molecular complexity index is 865. The fourth-order valence-corrected chi connectivity index (χ4v) is 3.63. The van der Waals surface area contributed by atoms with E-state index in [2.05, 4.69) is 25.2 Å². The van der Waals surface area contributed by atoms with Gasteiger partial charge in [-0.1, -0.05) is 12.1 Å². The number of rotatable bonds is 6. The molecule has 5 nitrogen and oxygen atoms in total. The van der Waals surface area contributed by atoms with E-state index >= 15 is 0 Å². The molecular weight excluding hydrogens is 324 g/mol. The Morgan fingerprint density at radius 1 is 1.31 bits per heavy atom. The van der Waals surface area contributed by atoms with Gasteiger partial charge in [-0.15, -0.1) is 0 Å². The van der Waals surface area contributed by atoms with E-state index in [1.807, 2.05) is 28.9 Å². The zero-order valence-electron chi connectivity index (χ0n) is 15.3. The van der Waals surface area contributed by atoms with Gasteiger partial charge in [0.1, 0.15) is 5.69 Å². The standard InChI is InChI=1S/C21H24N4O/c1-13(2)25-21(18(26)9-15-11-23-12-15)19(16-7-8-16)20(24-25)17-5-3-14(10-22)4-6-17/h3-6,13,15-16,23H,7-9,11-12H2,1-2H3. The van der Waals surface area contributed by atoms with Gasteiger partial charge in [-0.2, -0.15) is 10.4 Å². The second-order valence-corrected chi connectivity index (χ2v) is 7.76. The third-order valence-electron chi connectivity index (χ3n) is 5.31.